The SMILES string of the molecule is CCC(C(=O)NC1CCCC(C)C1C)n1nc(-c2ccccc2)c2cc(Cl)ccc21. The van der Waals surface area contributed by atoms with Crippen LogP contribution in [-0.2, 0) is 4.79 Å². The number of nitrogens with one attached hydrogen (secondary N) is 1. The van der Waals surface area contributed by atoms with Crippen LogP contribution in [0.15, 0.2) is 48.5 Å². The van der Waals surface area contributed by atoms with Crippen molar-refractivity contribution in [2.45, 2.75) is 58.5 Å². The Balaban J connectivity index is 1.71. The third-order valence-corrected chi connectivity index (χ3v) is 6.97. The van der Waals surface area contributed by atoms with E-state index >= 15 is 0 Å². The maximum atomic E-state index is 13.4. The van der Waals surface area contributed by atoms with Crippen LogP contribution in [0, 0.1) is 11.8 Å². The van der Waals surface area contributed by atoms with E-state index in [-0.39, 0.29) is 18.0 Å². The predicted molar refractivity (Wildman–Crippen MR) is 124 cm³/mol. The van der Waals surface area contributed by atoms with Gasteiger partial charge in [-0.2, -0.15) is 5.10 Å². The minimum atomic E-state index is -0.351. The van der Waals surface area contributed by atoms with Crippen LogP contribution < -0.4 is 5.32 Å². The molecule has 1 amide bonds. The summed E-state index contributed by atoms with van der Waals surface area (Å²) in [5.41, 5.74) is 2.82. The number of fused-ring (bicyclic) bond motifs is 1. The lowest BCUT2D eigenvalue weighted by Gasteiger charge is -2.35. The minimum absolute atomic E-state index is 0.0578. The molecule has 2 aromatic carbocycles. The number of hydrogen-bond donors (Lipinski definition) is 1. The zero-order valence-corrected chi connectivity index (χ0v) is 18.7. The maximum Gasteiger partial charge on any atom is 0.245 e. The zero-order valence-electron chi connectivity index (χ0n) is 17.9. The van der Waals surface area contributed by atoms with Crippen LogP contribution in [-0.4, -0.2) is 21.7 Å². The molecule has 4 nitrogen and oxygen atoms in total. The highest BCUT2D eigenvalue weighted by molar-refractivity contribution is 6.31. The van der Waals surface area contributed by atoms with E-state index in [1.807, 2.05) is 60.1 Å². The van der Waals surface area contributed by atoms with Gasteiger partial charge >= 0.3 is 0 Å². The summed E-state index contributed by atoms with van der Waals surface area (Å²) in [7, 11) is 0. The van der Waals surface area contributed by atoms with Crippen molar-refractivity contribution in [2.75, 3.05) is 0 Å². The van der Waals surface area contributed by atoms with Gasteiger partial charge < -0.3 is 5.32 Å². The van der Waals surface area contributed by atoms with Crippen LogP contribution >= 0.6 is 11.6 Å². The molecule has 4 unspecified atom stereocenters. The molecule has 1 N–H and O–H groups in total. The molecular weight excluding hydrogens is 394 g/mol. The van der Waals surface area contributed by atoms with Crippen molar-refractivity contribution in [2.24, 2.45) is 11.8 Å². The number of rotatable bonds is 5. The number of nitrogens with zero attached hydrogens (tertiary/aromatic N) is 2. The molecule has 3 aromatic rings. The van der Waals surface area contributed by atoms with E-state index < -0.39 is 0 Å². The maximum absolute atomic E-state index is 13.4. The number of carbonyl (C=O) groups excluding carboxylic acids is 1. The number of amides is 1. The summed E-state index contributed by atoms with van der Waals surface area (Å²) in [5, 5.41) is 9.91. The molecule has 30 heavy (non-hydrogen) atoms. The van der Waals surface area contributed by atoms with Gasteiger partial charge in [-0.1, -0.05) is 75.5 Å². The van der Waals surface area contributed by atoms with Gasteiger partial charge in [-0.05, 0) is 42.9 Å². The molecule has 0 spiro atoms. The predicted octanol–water partition coefficient (Wildman–Crippen LogP) is 6.25. The van der Waals surface area contributed by atoms with Gasteiger partial charge in [0.2, 0.25) is 5.91 Å². The summed E-state index contributed by atoms with van der Waals surface area (Å²) >= 11 is 6.31. The van der Waals surface area contributed by atoms with E-state index in [0.29, 0.717) is 23.3 Å². The van der Waals surface area contributed by atoms with E-state index in [4.69, 9.17) is 16.7 Å². The van der Waals surface area contributed by atoms with Crippen LogP contribution in [0.1, 0.15) is 52.5 Å². The topological polar surface area (TPSA) is 46.9 Å². The van der Waals surface area contributed by atoms with Crippen LogP contribution in [0.3, 0.4) is 0 Å². The molecule has 1 heterocycles. The zero-order chi connectivity index (χ0) is 21.3. The summed E-state index contributed by atoms with van der Waals surface area (Å²) in [5.74, 6) is 1.19. The van der Waals surface area contributed by atoms with Crippen molar-refractivity contribution in [1.29, 1.82) is 0 Å². The van der Waals surface area contributed by atoms with Crippen LogP contribution in [0.2, 0.25) is 5.02 Å². The Bertz CT molecular complexity index is 1030. The van der Waals surface area contributed by atoms with E-state index in [9.17, 15) is 4.79 Å². The molecule has 1 aliphatic rings. The average molecular weight is 424 g/mol. The molecule has 0 bridgehead atoms. The van der Waals surface area contributed by atoms with Gasteiger partial charge in [-0.3, -0.25) is 9.48 Å². The molecule has 4 atom stereocenters. The first kappa shape index (κ1) is 20.9. The normalized spacial score (nSPS) is 22.7. The van der Waals surface area contributed by atoms with Gasteiger partial charge in [0.05, 0.1) is 5.52 Å². The highest BCUT2D eigenvalue weighted by Gasteiger charge is 2.31. The molecular formula is C25H30ClN3O. The Morgan fingerprint density at radius 1 is 1.20 bits per heavy atom. The second kappa shape index (κ2) is 8.81. The Labute approximate surface area is 183 Å². The monoisotopic (exact) mass is 423 g/mol. The number of benzene rings is 2. The Morgan fingerprint density at radius 2 is 1.97 bits per heavy atom. The molecule has 158 valence electrons. The third-order valence-electron chi connectivity index (χ3n) is 6.73. The molecule has 0 saturated heterocycles. The van der Waals surface area contributed by atoms with Crippen molar-refractivity contribution >= 4 is 28.4 Å². The van der Waals surface area contributed by atoms with Crippen molar-refractivity contribution in [1.82, 2.24) is 15.1 Å². The van der Waals surface area contributed by atoms with Gasteiger partial charge in [0.15, 0.2) is 0 Å². The van der Waals surface area contributed by atoms with E-state index in [2.05, 4.69) is 19.2 Å². The standard InChI is InChI=1S/C25H30ClN3O/c1-4-22(25(30)27-21-12-8-9-16(2)17(21)3)29-23-14-13-19(26)15-20(23)24(28-29)18-10-6-5-7-11-18/h5-7,10-11,13-17,21-22H,4,8-9,12H2,1-3H3,(H,27,30). The van der Waals surface area contributed by atoms with Crippen LogP contribution in [0.4, 0.5) is 0 Å². The molecule has 4 rings (SSSR count). The highest BCUT2D eigenvalue weighted by Crippen LogP contribution is 2.33. The lowest BCUT2D eigenvalue weighted by atomic mass is 9.78. The molecule has 1 fully saturated rings. The molecule has 5 heteroatoms. The third kappa shape index (κ3) is 3.98. The first-order valence-corrected chi connectivity index (χ1v) is 11.4. The Kier molecular flexibility index (Phi) is 6.14. The molecule has 0 radical (unpaired) electrons. The van der Waals surface area contributed by atoms with Crippen molar-refractivity contribution in [3.05, 3.63) is 53.6 Å². The van der Waals surface area contributed by atoms with Crippen LogP contribution in [0.5, 0.6) is 0 Å². The van der Waals surface area contributed by atoms with E-state index in [1.165, 1.54) is 12.8 Å². The second-order valence-corrected chi connectivity index (χ2v) is 9.06. The number of halogens is 1. The van der Waals surface area contributed by atoms with E-state index in [1.54, 1.807) is 0 Å². The fourth-order valence-electron chi connectivity index (χ4n) is 4.69. The Morgan fingerprint density at radius 3 is 2.70 bits per heavy atom. The van der Waals surface area contributed by atoms with Gasteiger partial charge in [-0.15, -0.1) is 0 Å². The molecule has 1 saturated carbocycles. The van der Waals surface area contributed by atoms with Gasteiger partial charge in [0, 0.05) is 22.0 Å². The number of hydrogen-bond acceptors (Lipinski definition) is 2. The number of carbonyl (C=O) groups is 1. The summed E-state index contributed by atoms with van der Waals surface area (Å²) < 4.78 is 1.89. The van der Waals surface area contributed by atoms with Gasteiger partial charge in [-0.25, -0.2) is 0 Å². The molecule has 0 aliphatic heterocycles. The average Bonchev–Trinajstić information content (AvgIpc) is 3.11. The largest absolute Gasteiger partial charge is 0.351 e. The lowest BCUT2D eigenvalue weighted by molar-refractivity contribution is -0.126. The lowest BCUT2D eigenvalue weighted by Crippen LogP contribution is -2.46. The fraction of sp³-hybridized carbons (Fsp3) is 0.440. The molecule has 1 aromatic heterocycles. The quantitative estimate of drug-likeness (QED) is 0.527. The molecule has 1 aliphatic carbocycles. The minimum Gasteiger partial charge on any atom is -0.351 e. The highest BCUT2D eigenvalue weighted by atomic mass is 35.5. The van der Waals surface area contributed by atoms with E-state index in [0.717, 1.165) is 28.6 Å². The number of aromatic nitrogens is 2. The first-order valence-electron chi connectivity index (χ1n) is 11.0. The second-order valence-electron chi connectivity index (χ2n) is 8.63. The summed E-state index contributed by atoms with van der Waals surface area (Å²) in [6.07, 6.45) is 4.15. The first-order chi connectivity index (χ1) is 14.5. The fourth-order valence-corrected chi connectivity index (χ4v) is 4.87. The summed E-state index contributed by atoms with van der Waals surface area (Å²) in [6, 6.07) is 15.7. The summed E-state index contributed by atoms with van der Waals surface area (Å²) in [6.45, 7) is 6.59. The van der Waals surface area contributed by atoms with Crippen molar-refractivity contribution < 1.29 is 4.79 Å². The Hall–Kier alpha value is -2.33. The van der Waals surface area contributed by atoms with Crippen molar-refractivity contribution in [3.63, 3.8) is 0 Å². The van der Waals surface area contributed by atoms with Gasteiger partial charge in [0.1, 0.15) is 11.7 Å². The summed E-state index contributed by atoms with van der Waals surface area (Å²) in [4.78, 5) is 13.4. The van der Waals surface area contributed by atoms with Gasteiger partial charge in [0.25, 0.3) is 0 Å². The van der Waals surface area contributed by atoms with Crippen LogP contribution in [0.25, 0.3) is 22.2 Å². The smallest absolute Gasteiger partial charge is 0.245 e. The van der Waals surface area contributed by atoms with Crippen molar-refractivity contribution in [3.8, 4) is 11.3 Å².